The fraction of sp³-hybridized carbons (Fsp3) is 0.263. The van der Waals surface area contributed by atoms with Crippen molar-refractivity contribution in [3.63, 3.8) is 0 Å². The van der Waals surface area contributed by atoms with E-state index in [1.807, 2.05) is 38.1 Å². The molecular weight excluding hydrogens is 325 g/mol. The number of methoxy groups -OCH3 is 1. The van der Waals surface area contributed by atoms with E-state index in [0.29, 0.717) is 12.2 Å². The van der Waals surface area contributed by atoms with Gasteiger partial charge in [0.25, 0.3) is 5.91 Å². The molecule has 1 amide bonds. The van der Waals surface area contributed by atoms with Gasteiger partial charge in [-0.3, -0.25) is 4.79 Å². The first-order valence-corrected chi connectivity index (χ1v) is 7.71. The molecule has 0 saturated carbocycles. The molecule has 0 unspecified atom stereocenters. The van der Waals surface area contributed by atoms with Crippen LogP contribution in [0.1, 0.15) is 40.1 Å². The number of halogens is 1. The number of para-hydroxylation sites is 1. The number of hydrogen-bond acceptors (Lipinski definition) is 3. The second-order valence-corrected chi connectivity index (χ2v) is 6.33. The third-order valence-electron chi connectivity index (χ3n) is 3.74. The van der Waals surface area contributed by atoms with Crippen molar-refractivity contribution in [2.45, 2.75) is 25.8 Å². The summed E-state index contributed by atoms with van der Waals surface area (Å²) in [7, 11) is 1.57. The number of benzene rings is 2. The summed E-state index contributed by atoms with van der Waals surface area (Å²) in [6.45, 7) is 3.64. The maximum Gasteiger partial charge on any atom is 0.335 e. The van der Waals surface area contributed by atoms with Crippen LogP contribution in [0.25, 0.3) is 0 Å². The topological polar surface area (TPSA) is 75.6 Å². The summed E-state index contributed by atoms with van der Waals surface area (Å²) >= 11 is 0. The van der Waals surface area contributed by atoms with Crippen molar-refractivity contribution < 1.29 is 23.8 Å². The number of nitrogens with one attached hydrogen (secondary N) is 1. The van der Waals surface area contributed by atoms with Gasteiger partial charge in [-0.15, -0.1) is 0 Å². The summed E-state index contributed by atoms with van der Waals surface area (Å²) in [5.74, 6) is -2.01. The molecular formula is C19H20FNO4. The highest BCUT2D eigenvalue weighted by Crippen LogP contribution is 2.23. The molecule has 6 heteroatoms. The minimum Gasteiger partial charge on any atom is -0.496 e. The second kappa shape index (κ2) is 7.34. The van der Waals surface area contributed by atoms with Crippen LogP contribution in [0.2, 0.25) is 0 Å². The van der Waals surface area contributed by atoms with Crippen LogP contribution in [0.3, 0.4) is 0 Å². The van der Waals surface area contributed by atoms with E-state index in [-0.39, 0.29) is 11.1 Å². The average molecular weight is 345 g/mol. The molecule has 0 aromatic heterocycles. The Hall–Kier alpha value is -2.89. The van der Waals surface area contributed by atoms with E-state index in [1.54, 1.807) is 7.11 Å². The van der Waals surface area contributed by atoms with Crippen molar-refractivity contribution in [3.8, 4) is 5.75 Å². The Morgan fingerprint density at radius 3 is 2.48 bits per heavy atom. The number of carbonyl (C=O) groups is 2. The van der Waals surface area contributed by atoms with Gasteiger partial charge in [-0.25, -0.2) is 9.18 Å². The molecule has 2 aromatic carbocycles. The normalized spacial score (nSPS) is 11.0. The molecule has 2 aromatic rings. The Morgan fingerprint density at radius 1 is 1.20 bits per heavy atom. The number of ether oxygens (including phenoxy) is 1. The van der Waals surface area contributed by atoms with Gasteiger partial charge in [0.1, 0.15) is 11.6 Å². The lowest BCUT2D eigenvalue weighted by atomic mass is 9.93. The molecule has 0 fully saturated rings. The average Bonchev–Trinajstić information content (AvgIpc) is 2.54. The zero-order chi connectivity index (χ0) is 18.6. The van der Waals surface area contributed by atoms with Crippen molar-refractivity contribution in [3.05, 3.63) is 65.0 Å². The first-order valence-electron chi connectivity index (χ1n) is 7.71. The zero-order valence-corrected chi connectivity index (χ0v) is 14.3. The number of amides is 1. The Labute approximate surface area is 145 Å². The van der Waals surface area contributed by atoms with Gasteiger partial charge in [-0.2, -0.15) is 0 Å². The maximum atomic E-state index is 14.0. The zero-order valence-electron chi connectivity index (χ0n) is 14.3. The van der Waals surface area contributed by atoms with Crippen molar-refractivity contribution >= 4 is 11.9 Å². The van der Waals surface area contributed by atoms with Crippen molar-refractivity contribution in [1.29, 1.82) is 0 Å². The van der Waals surface area contributed by atoms with Crippen LogP contribution >= 0.6 is 0 Å². The third-order valence-corrected chi connectivity index (χ3v) is 3.74. The lowest BCUT2D eigenvalue weighted by Gasteiger charge is -2.27. The largest absolute Gasteiger partial charge is 0.496 e. The monoisotopic (exact) mass is 345 g/mol. The second-order valence-electron chi connectivity index (χ2n) is 6.33. The van der Waals surface area contributed by atoms with E-state index in [0.717, 1.165) is 11.6 Å². The molecule has 0 aliphatic carbocycles. The third kappa shape index (κ3) is 4.56. The lowest BCUT2D eigenvalue weighted by molar-refractivity contribution is 0.0695. The highest BCUT2D eigenvalue weighted by atomic mass is 19.1. The van der Waals surface area contributed by atoms with Gasteiger partial charge in [-0.1, -0.05) is 18.2 Å². The van der Waals surface area contributed by atoms with Crippen LogP contribution in [-0.2, 0) is 6.42 Å². The summed E-state index contributed by atoms with van der Waals surface area (Å²) in [4.78, 5) is 23.2. The van der Waals surface area contributed by atoms with Gasteiger partial charge in [0.2, 0.25) is 0 Å². The van der Waals surface area contributed by atoms with Gasteiger partial charge in [0.05, 0.1) is 18.2 Å². The minimum absolute atomic E-state index is 0.196. The van der Waals surface area contributed by atoms with Crippen LogP contribution in [0.4, 0.5) is 4.39 Å². The van der Waals surface area contributed by atoms with E-state index in [4.69, 9.17) is 9.84 Å². The summed E-state index contributed by atoms with van der Waals surface area (Å²) in [6, 6.07) is 10.7. The number of carboxylic acids is 1. The molecule has 132 valence electrons. The number of aromatic carboxylic acids is 1. The van der Waals surface area contributed by atoms with Crippen LogP contribution in [-0.4, -0.2) is 29.6 Å². The quantitative estimate of drug-likeness (QED) is 0.842. The van der Waals surface area contributed by atoms with Crippen molar-refractivity contribution in [2.75, 3.05) is 7.11 Å². The fourth-order valence-electron chi connectivity index (χ4n) is 2.58. The highest BCUT2D eigenvalue weighted by Gasteiger charge is 2.25. The number of carboxylic acid groups (broad SMARTS) is 1. The van der Waals surface area contributed by atoms with Crippen LogP contribution in [0, 0.1) is 5.82 Å². The molecule has 0 spiro atoms. The Morgan fingerprint density at radius 2 is 1.88 bits per heavy atom. The highest BCUT2D eigenvalue weighted by molar-refractivity contribution is 5.96. The first-order chi connectivity index (χ1) is 11.7. The van der Waals surface area contributed by atoms with Crippen LogP contribution < -0.4 is 10.1 Å². The first kappa shape index (κ1) is 18.4. The van der Waals surface area contributed by atoms with Gasteiger partial charge in [-0.05, 0) is 50.1 Å². The lowest BCUT2D eigenvalue weighted by Crippen LogP contribution is -2.45. The summed E-state index contributed by atoms with van der Waals surface area (Å²) in [5.41, 5.74) is -0.152. The summed E-state index contributed by atoms with van der Waals surface area (Å²) in [6.07, 6.45) is 0.484. The number of carbonyl (C=O) groups excluding carboxylic acids is 1. The number of hydrogen-bond donors (Lipinski definition) is 2. The Bertz CT molecular complexity index is 802. The molecule has 5 nitrogen and oxygen atoms in total. The van der Waals surface area contributed by atoms with E-state index in [1.165, 1.54) is 12.1 Å². The smallest absolute Gasteiger partial charge is 0.335 e. The molecule has 25 heavy (non-hydrogen) atoms. The summed E-state index contributed by atoms with van der Waals surface area (Å²) in [5, 5.41) is 11.6. The molecule has 0 heterocycles. The summed E-state index contributed by atoms with van der Waals surface area (Å²) < 4.78 is 19.3. The molecule has 0 aliphatic heterocycles. The van der Waals surface area contributed by atoms with Crippen molar-refractivity contribution in [2.24, 2.45) is 0 Å². The SMILES string of the molecule is COc1ccccc1CC(C)(C)NC(=O)c1ccc(C(=O)O)cc1F. The molecule has 0 aliphatic rings. The van der Waals surface area contributed by atoms with Gasteiger partial charge < -0.3 is 15.2 Å². The Balaban J connectivity index is 2.17. The van der Waals surface area contributed by atoms with E-state index in [2.05, 4.69) is 5.32 Å². The van der Waals surface area contributed by atoms with Gasteiger partial charge >= 0.3 is 5.97 Å². The standard InChI is InChI=1S/C19H20FNO4/c1-19(2,11-13-6-4-5-7-16(13)25-3)21-17(22)14-9-8-12(18(23)24)10-15(14)20/h4-10H,11H2,1-3H3,(H,21,22)(H,23,24). The minimum atomic E-state index is -1.25. The molecule has 0 radical (unpaired) electrons. The van der Waals surface area contributed by atoms with Crippen LogP contribution in [0.15, 0.2) is 42.5 Å². The van der Waals surface area contributed by atoms with Crippen LogP contribution in [0.5, 0.6) is 5.75 Å². The van der Waals surface area contributed by atoms with E-state index in [9.17, 15) is 14.0 Å². The van der Waals surface area contributed by atoms with Gasteiger partial charge in [0, 0.05) is 5.54 Å². The maximum absolute atomic E-state index is 14.0. The van der Waals surface area contributed by atoms with Gasteiger partial charge in [0.15, 0.2) is 0 Å². The molecule has 0 atom stereocenters. The molecule has 2 rings (SSSR count). The van der Waals surface area contributed by atoms with E-state index >= 15 is 0 Å². The van der Waals surface area contributed by atoms with E-state index < -0.39 is 23.2 Å². The Kier molecular flexibility index (Phi) is 5.41. The fourth-order valence-corrected chi connectivity index (χ4v) is 2.58. The van der Waals surface area contributed by atoms with Crippen molar-refractivity contribution in [1.82, 2.24) is 5.32 Å². The molecule has 0 bridgehead atoms. The molecule has 0 saturated heterocycles. The molecule has 2 N–H and O–H groups in total. The predicted octanol–water partition coefficient (Wildman–Crippen LogP) is 3.28. The number of rotatable bonds is 6. The predicted molar refractivity (Wildman–Crippen MR) is 91.6 cm³/mol.